The van der Waals surface area contributed by atoms with Gasteiger partial charge in [0.05, 0.1) is 25.9 Å². The predicted molar refractivity (Wildman–Crippen MR) is 98.6 cm³/mol. The molecule has 0 radical (unpaired) electrons. The van der Waals surface area contributed by atoms with Gasteiger partial charge in [-0.3, -0.25) is 0 Å². The first kappa shape index (κ1) is 17.6. The van der Waals surface area contributed by atoms with Crippen LogP contribution in [0.15, 0.2) is 42.5 Å². The molecule has 2 N–H and O–H groups in total. The second-order valence-corrected chi connectivity index (χ2v) is 6.35. The largest absolute Gasteiger partial charge is 0.493 e. The number of methoxy groups -OCH3 is 2. The van der Waals surface area contributed by atoms with Crippen LogP contribution in [0.4, 0.5) is 10.5 Å². The lowest BCUT2D eigenvalue weighted by molar-refractivity contribution is 0.251. The van der Waals surface area contributed by atoms with Gasteiger partial charge in [0.25, 0.3) is 0 Å². The van der Waals surface area contributed by atoms with Crippen LogP contribution in [-0.2, 0) is 5.41 Å². The lowest BCUT2D eigenvalue weighted by Crippen LogP contribution is -2.35. The summed E-state index contributed by atoms with van der Waals surface area (Å²) < 4.78 is 10.7. The van der Waals surface area contributed by atoms with Crippen molar-refractivity contribution in [2.75, 3.05) is 26.1 Å². The van der Waals surface area contributed by atoms with Gasteiger partial charge in [-0.05, 0) is 54.8 Å². The van der Waals surface area contributed by atoms with E-state index < -0.39 is 0 Å². The Hall–Kier alpha value is -3.20. The van der Waals surface area contributed by atoms with Crippen molar-refractivity contribution >= 4 is 11.7 Å². The highest BCUT2D eigenvalue weighted by Gasteiger charge is 2.44. The molecule has 1 saturated carbocycles. The van der Waals surface area contributed by atoms with Gasteiger partial charge in [-0.15, -0.1) is 0 Å². The molecule has 0 bridgehead atoms. The summed E-state index contributed by atoms with van der Waals surface area (Å²) in [5, 5.41) is 14.5. The molecule has 26 heavy (non-hydrogen) atoms. The summed E-state index contributed by atoms with van der Waals surface area (Å²) >= 11 is 0. The minimum atomic E-state index is -0.263. The summed E-state index contributed by atoms with van der Waals surface area (Å²) in [5.74, 6) is 1.39. The summed E-state index contributed by atoms with van der Waals surface area (Å²) in [7, 11) is 3.23. The van der Waals surface area contributed by atoms with E-state index in [0.717, 1.165) is 18.4 Å². The van der Waals surface area contributed by atoms with Gasteiger partial charge >= 0.3 is 6.03 Å². The van der Waals surface area contributed by atoms with Crippen LogP contribution >= 0.6 is 0 Å². The number of nitrogens with zero attached hydrogens (tertiary/aromatic N) is 1. The second-order valence-electron chi connectivity index (χ2n) is 6.35. The highest BCUT2D eigenvalue weighted by molar-refractivity contribution is 5.89. The van der Waals surface area contributed by atoms with Gasteiger partial charge in [0.1, 0.15) is 0 Å². The standard InChI is InChI=1S/C20H21N3O3/c1-25-17-8-5-15(11-18(17)26-2)20(9-10-20)13-22-19(24)23-16-6-3-14(12-21)4-7-16/h3-8,11H,9-10,13H2,1-2H3,(H2,22,23,24). The molecule has 3 rings (SSSR count). The Morgan fingerprint density at radius 1 is 1.12 bits per heavy atom. The molecule has 6 heteroatoms. The van der Waals surface area contributed by atoms with Gasteiger partial charge in [0, 0.05) is 17.6 Å². The number of rotatable bonds is 6. The molecule has 134 valence electrons. The van der Waals surface area contributed by atoms with Crippen LogP contribution in [0.3, 0.4) is 0 Å². The molecule has 1 aliphatic carbocycles. The number of carbonyl (C=O) groups excluding carboxylic acids is 1. The maximum Gasteiger partial charge on any atom is 0.319 e. The fourth-order valence-corrected chi connectivity index (χ4v) is 2.94. The van der Waals surface area contributed by atoms with E-state index in [2.05, 4.69) is 10.6 Å². The molecule has 0 saturated heterocycles. The molecule has 0 unspecified atom stereocenters. The Bertz CT molecular complexity index is 836. The highest BCUT2D eigenvalue weighted by Crippen LogP contribution is 2.49. The van der Waals surface area contributed by atoms with Crippen molar-refractivity contribution in [2.45, 2.75) is 18.3 Å². The number of hydrogen-bond donors (Lipinski definition) is 2. The summed E-state index contributed by atoms with van der Waals surface area (Å²) in [6.07, 6.45) is 2.03. The van der Waals surface area contributed by atoms with Gasteiger partial charge in [-0.1, -0.05) is 6.07 Å². The van der Waals surface area contributed by atoms with Crippen LogP contribution in [0.2, 0.25) is 0 Å². The normalized spacial score (nSPS) is 14.0. The number of amides is 2. The summed E-state index contributed by atoms with van der Waals surface area (Å²) in [6.45, 7) is 0.546. The van der Waals surface area contributed by atoms with E-state index in [4.69, 9.17) is 14.7 Å². The molecule has 0 spiro atoms. The van der Waals surface area contributed by atoms with Crippen molar-refractivity contribution in [3.05, 3.63) is 53.6 Å². The average molecular weight is 351 g/mol. The Labute approximate surface area is 152 Å². The van der Waals surface area contributed by atoms with Crippen molar-refractivity contribution in [1.29, 1.82) is 5.26 Å². The van der Waals surface area contributed by atoms with Crippen LogP contribution < -0.4 is 20.1 Å². The Kier molecular flexibility index (Phi) is 4.99. The van der Waals surface area contributed by atoms with Crippen molar-refractivity contribution < 1.29 is 14.3 Å². The summed E-state index contributed by atoms with van der Waals surface area (Å²) in [4.78, 5) is 12.2. The smallest absolute Gasteiger partial charge is 0.319 e. The van der Waals surface area contributed by atoms with Crippen LogP contribution in [-0.4, -0.2) is 26.8 Å². The molecule has 1 fully saturated rings. The maximum absolute atomic E-state index is 12.2. The minimum Gasteiger partial charge on any atom is -0.493 e. The fraction of sp³-hybridized carbons (Fsp3) is 0.300. The van der Waals surface area contributed by atoms with Crippen LogP contribution in [0.5, 0.6) is 11.5 Å². The topological polar surface area (TPSA) is 83.4 Å². The first-order valence-corrected chi connectivity index (χ1v) is 8.38. The third kappa shape index (κ3) is 3.72. The molecule has 0 heterocycles. The number of ether oxygens (including phenoxy) is 2. The van der Waals surface area contributed by atoms with Gasteiger partial charge in [-0.25, -0.2) is 4.79 Å². The molecule has 2 aromatic carbocycles. The third-order valence-electron chi connectivity index (χ3n) is 4.71. The molecule has 6 nitrogen and oxygen atoms in total. The van der Waals surface area contributed by atoms with E-state index in [9.17, 15) is 4.79 Å². The number of hydrogen-bond acceptors (Lipinski definition) is 4. The first-order chi connectivity index (χ1) is 12.6. The van der Waals surface area contributed by atoms with Crippen molar-refractivity contribution in [3.63, 3.8) is 0 Å². The molecule has 1 aliphatic rings. The average Bonchev–Trinajstić information content (AvgIpc) is 3.47. The van der Waals surface area contributed by atoms with E-state index >= 15 is 0 Å². The molecule has 2 amide bonds. The number of nitrogens with one attached hydrogen (secondary N) is 2. The lowest BCUT2D eigenvalue weighted by atomic mass is 9.95. The number of anilines is 1. The van der Waals surface area contributed by atoms with Crippen LogP contribution in [0.1, 0.15) is 24.0 Å². The second kappa shape index (κ2) is 7.36. The van der Waals surface area contributed by atoms with Gasteiger partial charge in [-0.2, -0.15) is 5.26 Å². The number of urea groups is 1. The molecule has 2 aromatic rings. The molecule has 0 aromatic heterocycles. The van der Waals surface area contributed by atoms with E-state index in [-0.39, 0.29) is 11.4 Å². The zero-order valence-corrected chi connectivity index (χ0v) is 14.8. The molecular formula is C20H21N3O3. The van der Waals surface area contributed by atoms with E-state index in [1.54, 1.807) is 38.5 Å². The number of nitriles is 1. The van der Waals surface area contributed by atoms with E-state index in [1.165, 1.54) is 0 Å². The molecular weight excluding hydrogens is 330 g/mol. The van der Waals surface area contributed by atoms with Crippen LogP contribution in [0.25, 0.3) is 0 Å². The predicted octanol–water partition coefficient (Wildman–Crippen LogP) is 3.43. The minimum absolute atomic E-state index is 0.0540. The van der Waals surface area contributed by atoms with E-state index in [1.807, 2.05) is 24.3 Å². The van der Waals surface area contributed by atoms with Crippen molar-refractivity contribution in [2.24, 2.45) is 0 Å². The Morgan fingerprint density at radius 3 is 2.38 bits per heavy atom. The molecule has 0 atom stereocenters. The zero-order valence-electron chi connectivity index (χ0n) is 14.8. The van der Waals surface area contributed by atoms with Crippen molar-refractivity contribution in [3.8, 4) is 17.6 Å². The van der Waals surface area contributed by atoms with E-state index in [0.29, 0.717) is 29.3 Å². The first-order valence-electron chi connectivity index (χ1n) is 8.38. The van der Waals surface area contributed by atoms with Gasteiger partial charge in [0.15, 0.2) is 11.5 Å². The quantitative estimate of drug-likeness (QED) is 0.835. The zero-order chi connectivity index (χ0) is 18.6. The fourth-order valence-electron chi connectivity index (χ4n) is 2.94. The maximum atomic E-state index is 12.2. The molecule has 0 aliphatic heterocycles. The monoisotopic (exact) mass is 351 g/mol. The highest BCUT2D eigenvalue weighted by atomic mass is 16.5. The SMILES string of the molecule is COc1ccc(C2(CNC(=O)Nc3ccc(C#N)cc3)CC2)cc1OC. The summed E-state index contributed by atoms with van der Waals surface area (Å²) in [5.41, 5.74) is 2.29. The Morgan fingerprint density at radius 2 is 1.81 bits per heavy atom. The van der Waals surface area contributed by atoms with Gasteiger partial charge in [0.2, 0.25) is 0 Å². The van der Waals surface area contributed by atoms with Gasteiger partial charge < -0.3 is 20.1 Å². The number of carbonyl (C=O) groups is 1. The van der Waals surface area contributed by atoms with Crippen LogP contribution in [0, 0.1) is 11.3 Å². The van der Waals surface area contributed by atoms with Crippen molar-refractivity contribution in [1.82, 2.24) is 5.32 Å². The Balaban J connectivity index is 1.61. The lowest BCUT2D eigenvalue weighted by Gasteiger charge is -2.19. The summed E-state index contributed by atoms with van der Waals surface area (Å²) in [6, 6.07) is 14.4. The third-order valence-corrected chi connectivity index (χ3v) is 4.71. The number of benzene rings is 2.